The molecule has 2 N–H and O–H groups in total. The van der Waals surface area contributed by atoms with Crippen LogP contribution in [0.4, 0.5) is 0 Å². The third kappa shape index (κ3) is 8.01. The van der Waals surface area contributed by atoms with Gasteiger partial charge in [0.05, 0.1) is 0 Å². The summed E-state index contributed by atoms with van der Waals surface area (Å²) >= 11 is 0. The van der Waals surface area contributed by atoms with Crippen molar-refractivity contribution in [2.24, 2.45) is 0 Å². The maximum Gasteiger partial charge on any atom is 0.323 e. The molecule has 0 bridgehead atoms. The maximum absolute atomic E-state index is 11.6. The lowest BCUT2D eigenvalue weighted by atomic mass is 10.2. The van der Waals surface area contributed by atoms with Crippen LogP contribution in [0.25, 0.3) is 0 Å². The largest absolute Gasteiger partial charge is 0.480 e. The maximum atomic E-state index is 11.6. The molecule has 0 saturated heterocycles. The third-order valence-electron chi connectivity index (χ3n) is 2.05. The van der Waals surface area contributed by atoms with Gasteiger partial charge >= 0.3 is 11.9 Å². The second-order valence-corrected chi connectivity index (χ2v) is 3.57. The average molecular weight is 243 g/mol. The zero-order valence-electron chi connectivity index (χ0n) is 9.59. The van der Waals surface area contributed by atoms with Crippen LogP contribution in [0.5, 0.6) is 0 Å². The second-order valence-electron chi connectivity index (χ2n) is 3.57. The molecule has 0 aliphatic carbocycles. The van der Waals surface area contributed by atoms with Gasteiger partial charge in [-0.15, -0.1) is 6.58 Å². The van der Waals surface area contributed by atoms with Gasteiger partial charge in [0.25, 0.3) is 0 Å². The van der Waals surface area contributed by atoms with Gasteiger partial charge in [0.1, 0.15) is 13.1 Å². The van der Waals surface area contributed by atoms with E-state index in [1.165, 1.54) is 0 Å². The zero-order chi connectivity index (χ0) is 13.3. The van der Waals surface area contributed by atoms with Gasteiger partial charge in [0.15, 0.2) is 0 Å². The van der Waals surface area contributed by atoms with Crippen molar-refractivity contribution < 1.29 is 24.6 Å². The SMILES string of the molecule is C=CCCCCC(=O)N(CC(=O)O)CC(=O)O. The minimum absolute atomic E-state index is 0.161. The minimum atomic E-state index is -1.22. The summed E-state index contributed by atoms with van der Waals surface area (Å²) in [5.41, 5.74) is 0. The Hall–Kier alpha value is -1.85. The van der Waals surface area contributed by atoms with E-state index in [1.807, 2.05) is 0 Å². The molecule has 0 aromatic carbocycles. The summed E-state index contributed by atoms with van der Waals surface area (Å²) in [5.74, 6) is -2.88. The minimum Gasteiger partial charge on any atom is -0.480 e. The first-order valence-electron chi connectivity index (χ1n) is 5.29. The number of unbranched alkanes of at least 4 members (excludes halogenated alkanes) is 2. The van der Waals surface area contributed by atoms with E-state index in [-0.39, 0.29) is 6.42 Å². The Morgan fingerprint density at radius 1 is 1.06 bits per heavy atom. The lowest BCUT2D eigenvalue weighted by Crippen LogP contribution is -2.39. The van der Waals surface area contributed by atoms with E-state index in [4.69, 9.17) is 10.2 Å². The van der Waals surface area contributed by atoms with Gasteiger partial charge in [0.2, 0.25) is 5.91 Å². The van der Waals surface area contributed by atoms with Gasteiger partial charge in [-0.3, -0.25) is 14.4 Å². The van der Waals surface area contributed by atoms with Crippen LogP contribution in [-0.4, -0.2) is 46.0 Å². The van der Waals surface area contributed by atoms with Gasteiger partial charge in [-0.1, -0.05) is 6.08 Å². The van der Waals surface area contributed by atoms with Crippen LogP contribution in [0.1, 0.15) is 25.7 Å². The predicted octanol–water partition coefficient (Wildman–Crippen LogP) is 0.731. The van der Waals surface area contributed by atoms with Gasteiger partial charge in [-0.2, -0.15) is 0 Å². The smallest absolute Gasteiger partial charge is 0.323 e. The van der Waals surface area contributed by atoms with Gasteiger partial charge in [-0.05, 0) is 19.3 Å². The van der Waals surface area contributed by atoms with Gasteiger partial charge < -0.3 is 15.1 Å². The Bertz CT molecular complexity index is 284. The van der Waals surface area contributed by atoms with Gasteiger partial charge in [0, 0.05) is 6.42 Å². The van der Waals surface area contributed by atoms with Crippen molar-refractivity contribution >= 4 is 17.8 Å². The quantitative estimate of drug-likeness (QED) is 0.460. The Morgan fingerprint density at radius 3 is 2.00 bits per heavy atom. The number of hydrogen-bond acceptors (Lipinski definition) is 3. The number of nitrogens with zero attached hydrogens (tertiary/aromatic N) is 1. The molecule has 6 nitrogen and oxygen atoms in total. The number of allylic oxidation sites excluding steroid dienone is 1. The number of carbonyl (C=O) groups excluding carboxylic acids is 1. The average Bonchev–Trinajstić information content (AvgIpc) is 2.22. The van der Waals surface area contributed by atoms with E-state index >= 15 is 0 Å². The van der Waals surface area contributed by atoms with E-state index in [9.17, 15) is 14.4 Å². The number of carboxylic acid groups (broad SMARTS) is 2. The number of rotatable bonds is 9. The molecule has 0 aliphatic rings. The first-order valence-corrected chi connectivity index (χ1v) is 5.29. The normalized spacial score (nSPS) is 9.65. The van der Waals surface area contributed by atoms with E-state index in [2.05, 4.69) is 6.58 Å². The number of aliphatic carboxylic acids is 2. The third-order valence-corrected chi connectivity index (χ3v) is 2.05. The van der Waals surface area contributed by atoms with Crippen molar-refractivity contribution in [1.29, 1.82) is 0 Å². The molecule has 1 amide bonds. The lowest BCUT2D eigenvalue weighted by molar-refractivity contribution is -0.149. The Labute approximate surface area is 99.5 Å². The Kier molecular flexibility index (Phi) is 7.41. The molecule has 0 aromatic rings. The summed E-state index contributed by atoms with van der Waals surface area (Å²) in [7, 11) is 0. The summed E-state index contributed by atoms with van der Waals surface area (Å²) < 4.78 is 0. The van der Waals surface area contributed by atoms with Gasteiger partial charge in [-0.25, -0.2) is 0 Å². The molecule has 0 unspecified atom stereocenters. The second kappa shape index (κ2) is 8.32. The molecule has 96 valence electrons. The molecule has 0 aliphatic heterocycles. The summed E-state index contributed by atoms with van der Waals surface area (Å²) in [6, 6.07) is 0. The van der Waals surface area contributed by atoms with E-state index < -0.39 is 30.9 Å². The van der Waals surface area contributed by atoms with E-state index in [0.29, 0.717) is 6.42 Å². The van der Waals surface area contributed by atoms with Crippen LogP contribution >= 0.6 is 0 Å². The van der Waals surface area contributed by atoms with Crippen molar-refractivity contribution in [3.8, 4) is 0 Å². The van der Waals surface area contributed by atoms with Crippen LogP contribution in [0, 0.1) is 0 Å². The van der Waals surface area contributed by atoms with Crippen molar-refractivity contribution in [3.05, 3.63) is 12.7 Å². The van der Waals surface area contributed by atoms with Crippen LogP contribution in [0.3, 0.4) is 0 Å². The molecule has 0 heterocycles. The van der Waals surface area contributed by atoms with E-state index in [0.717, 1.165) is 17.7 Å². The van der Waals surface area contributed by atoms with Crippen molar-refractivity contribution in [2.45, 2.75) is 25.7 Å². The summed E-state index contributed by atoms with van der Waals surface area (Å²) in [6.45, 7) is 2.39. The highest BCUT2D eigenvalue weighted by molar-refractivity contribution is 5.85. The molecule has 0 radical (unpaired) electrons. The van der Waals surface area contributed by atoms with Crippen LogP contribution in [0.15, 0.2) is 12.7 Å². The predicted molar refractivity (Wildman–Crippen MR) is 60.5 cm³/mol. The van der Waals surface area contributed by atoms with Crippen LogP contribution in [-0.2, 0) is 14.4 Å². The highest BCUT2D eigenvalue weighted by Crippen LogP contribution is 2.04. The van der Waals surface area contributed by atoms with Crippen molar-refractivity contribution in [3.63, 3.8) is 0 Å². The fourth-order valence-electron chi connectivity index (χ4n) is 1.28. The molecule has 0 rings (SSSR count). The topological polar surface area (TPSA) is 94.9 Å². The Balaban J connectivity index is 4.16. The zero-order valence-corrected chi connectivity index (χ0v) is 9.59. The molecular formula is C11H17NO5. The highest BCUT2D eigenvalue weighted by Gasteiger charge is 2.18. The number of carboxylic acids is 2. The van der Waals surface area contributed by atoms with Crippen molar-refractivity contribution in [2.75, 3.05) is 13.1 Å². The summed E-state index contributed by atoms with van der Waals surface area (Å²) in [5, 5.41) is 17.1. The molecular weight excluding hydrogens is 226 g/mol. The number of hydrogen-bond donors (Lipinski definition) is 2. The fourth-order valence-corrected chi connectivity index (χ4v) is 1.28. The molecule has 0 aromatic heterocycles. The highest BCUT2D eigenvalue weighted by atomic mass is 16.4. The first-order chi connectivity index (χ1) is 7.97. The lowest BCUT2D eigenvalue weighted by Gasteiger charge is -2.18. The standard InChI is InChI=1S/C11H17NO5/c1-2-3-4-5-6-9(13)12(7-10(14)15)8-11(16)17/h2H,1,3-8H2,(H,14,15)(H,16,17). The number of carbonyl (C=O) groups is 3. The number of amides is 1. The molecule has 0 atom stereocenters. The van der Waals surface area contributed by atoms with Crippen LogP contribution in [0.2, 0.25) is 0 Å². The van der Waals surface area contributed by atoms with Crippen LogP contribution < -0.4 is 0 Å². The summed E-state index contributed by atoms with van der Waals surface area (Å²) in [6.07, 6.45) is 4.06. The first kappa shape index (κ1) is 15.2. The molecule has 0 saturated carbocycles. The van der Waals surface area contributed by atoms with Crippen molar-refractivity contribution in [1.82, 2.24) is 4.90 Å². The monoisotopic (exact) mass is 243 g/mol. The Morgan fingerprint density at radius 2 is 1.59 bits per heavy atom. The molecule has 0 fully saturated rings. The molecule has 6 heteroatoms. The van der Waals surface area contributed by atoms with E-state index in [1.54, 1.807) is 6.08 Å². The summed E-state index contributed by atoms with van der Waals surface area (Å²) in [4.78, 5) is 33.3. The fraction of sp³-hybridized carbons (Fsp3) is 0.545. The molecule has 17 heavy (non-hydrogen) atoms. The molecule has 0 spiro atoms.